The Hall–Kier alpha value is -4.27. The van der Waals surface area contributed by atoms with Crippen LogP contribution in [0.1, 0.15) is 17.3 Å². The van der Waals surface area contributed by atoms with Crippen LogP contribution in [0.5, 0.6) is 17.5 Å². The van der Waals surface area contributed by atoms with Gasteiger partial charge in [0.1, 0.15) is 0 Å². The standard InChI is InChI=1S/C22H18N4O5/c1-2-28-22-24-20(18-4-3-11-29-18)26(25-22)16-8-6-15(7-9-16)23-21(27)14-5-10-17-19(12-14)31-13-30-17/h3-12H,2,13H2,1H3,(H,23,27). The summed E-state index contributed by atoms with van der Waals surface area (Å²) >= 11 is 0. The number of nitrogens with zero attached hydrogens (tertiary/aromatic N) is 3. The summed E-state index contributed by atoms with van der Waals surface area (Å²) in [7, 11) is 0. The van der Waals surface area contributed by atoms with Crippen LogP contribution in [-0.2, 0) is 0 Å². The van der Waals surface area contributed by atoms with Crippen molar-refractivity contribution in [3.05, 3.63) is 66.4 Å². The molecule has 9 nitrogen and oxygen atoms in total. The van der Waals surface area contributed by atoms with E-state index in [0.29, 0.717) is 40.9 Å². The fraction of sp³-hybridized carbons (Fsp3) is 0.136. The third kappa shape index (κ3) is 3.68. The Morgan fingerprint density at radius 2 is 1.97 bits per heavy atom. The number of carbonyl (C=O) groups is 1. The van der Waals surface area contributed by atoms with Crippen molar-refractivity contribution >= 4 is 11.6 Å². The summed E-state index contributed by atoms with van der Waals surface area (Å²) in [6.07, 6.45) is 1.57. The predicted molar refractivity (Wildman–Crippen MR) is 111 cm³/mol. The molecule has 0 saturated heterocycles. The number of hydrogen-bond donors (Lipinski definition) is 1. The highest BCUT2D eigenvalue weighted by molar-refractivity contribution is 6.04. The van der Waals surface area contributed by atoms with E-state index < -0.39 is 0 Å². The van der Waals surface area contributed by atoms with Crippen molar-refractivity contribution in [2.75, 3.05) is 18.7 Å². The average molecular weight is 418 g/mol. The van der Waals surface area contributed by atoms with Crippen LogP contribution in [0.2, 0.25) is 0 Å². The fourth-order valence-corrected chi connectivity index (χ4v) is 3.16. The molecule has 1 N–H and O–H groups in total. The minimum Gasteiger partial charge on any atom is -0.463 e. The first-order valence-electron chi connectivity index (χ1n) is 9.66. The smallest absolute Gasteiger partial charge is 0.336 e. The first-order chi connectivity index (χ1) is 15.2. The van der Waals surface area contributed by atoms with Gasteiger partial charge in [-0.15, -0.1) is 5.10 Å². The van der Waals surface area contributed by atoms with E-state index in [1.54, 1.807) is 53.4 Å². The molecule has 5 rings (SSSR count). The van der Waals surface area contributed by atoms with E-state index in [1.165, 1.54) is 0 Å². The number of hydrogen-bond acceptors (Lipinski definition) is 7. The molecular weight excluding hydrogens is 400 g/mol. The zero-order valence-electron chi connectivity index (χ0n) is 16.6. The maximum Gasteiger partial charge on any atom is 0.336 e. The first kappa shape index (κ1) is 18.7. The maximum atomic E-state index is 12.6. The highest BCUT2D eigenvalue weighted by Gasteiger charge is 2.18. The first-order valence-corrected chi connectivity index (χ1v) is 9.66. The van der Waals surface area contributed by atoms with Crippen molar-refractivity contribution < 1.29 is 23.4 Å². The van der Waals surface area contributed by atoms with E-state index in [4.69, 9.17) is 18.6 Å². The summed E-state index contributed by atoms with van der Waals surface area (Å²) < 4.78 is 23.2. The Balaban J connectivity index is 1.37. The molecule has 0 unspecified atom stereocenters. The molecule has 2 aromatic heterocycles. The molecule has 0 radical (unpaired) electrons. The molecule has 9 heteroatoms. The molecule has 0 aliphatic carbocycles. The molecule has 3 heterocycles. The number of carbonyl (C=O) groups excluding carboxylic acids is 1. The van der Waals surface area contributed by atoms with Crippen LogP contribution in [0.15, 0.2) is 65.3 Å². The van der Waals surface area contributed by atoms with Crippen molar-refractivity contribution in [2.45, 2.75) is 6.92 Å². The van der Waals surface area contributed by atoms with E-state index in [-0.39, 0.29) is 18.7 Å². The Morgan fingerprint density at radius 3 is 2.74 bits per heavy atom. The van der Waals surface area contributed by atoms with Crippen molar-refractivity contribution in [3.8, 4) is 34.8 Å². The summed E-state index contributed by atoms with van der Waals surface area (Å²) in [6, 6.07) is 16.1. The summed E-state index contributed by atoms with van der Waals surface area (Å²) in [4.78, 5) is 17.0. The lowest BCUT2D eigenvalue weighted by Gasteiger charge is -2.08. The number of furan rings is 1. The second-order valence-electron chi connectivity index (χ2n) is 6.61. The van der Waals surface area contributed by atoms with Crippen LogP contribution < -0.4 is 19.5 Å². The minimum absolute atomic E-state index is 0.162. The summed E-state index contributed by atoms with van der Waals surface area (Å²) in [6.45, 7) is 2.48. The second kappa shape index (κ2) is 7.86. The minimum atomic E-state index is -0.248. The SMILES string of the molecule is CCOc1nc(-c2ccco2)n(-c2ccc(NC(=O)c3ccc4c(c3)OCO4)cc2)n1. The van der Waals surface area contributed by atoms with Crippen molar-refractivity contribution in [1.82, 2.24) is 14.8 Å². The van der Waals surface area contributed by atoms with Gasteiger partial charge < -0.3 is 23.9 Å². The van der Waals surface area contributed by atoms with Crippen LogP contribution in [-0.4, -0.2) is 34.1 Å². The molecular formula is C22H18N4O5. The van der Waals surface area contributed by atoms with E-state index in [9.17, 15) is 4.79 Å². The van der Waals surface area contributed by atoms with Gasteiger partial charge in [-0.1, -0.05) is 0 Å². The van der Waals surface area contributed by atoms with E-state index >= 15 is 0 Å². The quantitative estimate of drug-likeness (QED) is 0.507. The predicted octanol–water partition coefficient (Wildman–Crippen LogP) is 3.91. The number of fused-ring (bicyclic) bond motifs is 1. The zero-order chi connectivity index (χ0) is 21.2. The Morgan fingerprint density at radius 1 is 1.13 bits per heavy atom. The van der Waals surface area contributed by atoms with Gasteiger partial charge >= 0.3 is 6.01 Å². The lowest BCUT2D eigenvalue weighted by Crippen LogP contribution is -2.11. The molecule has 0 spiro atoms. The molecule has 0 bridgehead atoms. The van der Waals surface area contributed by atoms with Crippen molar-refractivity contribution in [1.29, 1.82) is 0 Å². The van der Waals surface area contributed by atoms with Gasteiger partial charge in [-0.3, -0.25) is 4.79 Å². The molecule has 31 heavy (non-hydrogen) atoms. The van der Waals surface area contributed by atoms with E-state index in [0.717, 1.165) is 5.69 Å². The molecule has 0 saturated carbocycles. The number of benzene rings is 2. The van der Waals surface area contributed by atoms with Crippen LogP contribution in [0.4, 0.5) is 5.69 Å². The lowest BCUT2D eigenvalue weighted by atomic mass is 10.2. The molecule has 0 fully saturated rings. The van der Waals surface area contributed by atoms with Gasteiger partial charge in [-0.25, -0.2) is 4.68 Å². The summed E-state index contributed by atoms with van der Waals surface area (Å²) in [5.74, 6) is 2.03. The summed E-state index contributed by atoms with van der Waals surface area (Å²) in [5, 5.41) is 7.28. The Kier molecular flexibility index (Phi) is 4.75. The molecule has 1 amide bonds. The largest absolute Gasteiger partial charge is 0.463 e. The molecule has 0 atom stereocenters. The number of nitrogens with one attached hydrogen (secondary N) is 1. The highest BCUT2D eigenvalue weighted by atomic mass is 16.7. The molecule has 1 aliphatic heterocycles. The van der Waals surface area contributed by atoms with E-state index in [2.05, 4.69) is 15.4 Å². The normalized spacial score (nSPS) is 12.0. The maximum absolute atomic E-state index is 12.6. The second-order valence-corrected chi connectivity index (χ2v) is 6.61. The highest BCUT2D eigenvalue weighted by Crippen LogP contribution is 2.32. The van der Waals surface area contributed by atoms with Gasteiger partial charge in [0, 0.05) is 11.3 Å². The Labute approximate surface area is 177 Å². The number of ether oxygens (including phenoxy) is 3. The van der Waals surface area contributed by atoms with Gasteiger partial charge in [0.25, 0.3) is 5.91 Å². The number of aromatic nitrogens is 3. The average Bonchev–Trinajstić information content (AvgIpc) is 3.54. The van der Waals surface area contributed by atoms with Gasteiger partial charge in [0.15, 0.2) is 17.3 Å². The van der Waals surface area contributed by atoms with Gasteiger partial charge in [0.2, 0.25) is 12.6 Å². The fourth-order valence-electron chi connectivity index (χ4n) is 3.16. The Bertz CT molecular complexity index is 1220. The molecule has 156 valence electrons. The summed E-state index contributed by atoms with van der Waals surface area (Å²) in [5.41, 5.74) is 1.85. The van der Waals surface area contributed by atoms with Crippen LogP contribution in [0, 0.1) is 0 Å². The van der Waals surface area contributed by atoms with Gasteiger partial charge in [-0.05, 0) is 61.5 Å². The topological polar surface area (TPSA) is 101 Å². The van der Waals surface area contributed by atoms with Crippen molar-refractivity contribution in [3.63, 3.8) is 0 Å². The van der Waals surface area contributed by atoms with Crippen LogP contribution in [0.3, 0.4) is 0 Å². The van der Waals surface area contributed by atoms with Crippen molar-refractivity contribution in [2.24, 2.45) is 0 Å². The monoisotopic (exact) mass is 418 g/mol. The van der Waals surface area contributed by atoms with E-state index in [1.807, 2.05) is 19.1 Å². The molecule has 1 aliphatic rings. The third-order valence-corrected chi connectivity index (χ3v) is 4.61. The molecule has 4 aromatic rings. The zero-order valence-corrected chi connectivity index (χ0v) is 16.6. The van der Waals surface area contributed by atoms with Crippen LogP contribution in [0.25, 0.3) is 17.3 Å². The van der Waals surface area contributed by atoms with Gasteiger partial charge in [0.05, 0.1) is 18.6 Å². The lowest BCUT2D eigenvalue weighted by molar-refractivity contribution is 0.102. The number of anilines is 1. The van der Waals surface area contributed by atoms with Crippen LogP contribution >= 0.6 is 0 Å². The third-order valence-electron chi connectivity index (χ3n) is 4.61. The number of amides is 1. The molecule has 2 aromatic carbocycles. The number of rotatable bonds is 6. The van der Waals surface area contributed by atoms with Gasteiger partial charge in [-0.2, -0.15) is 4.98 Å².